The van der Waals surface area contributed by atoms with Crippen LogP contribution in [0.3, 0.4) is 0 Å². The van der Waals surface area contributed by atoms with Crippen molar-refractivity contribution in [3.05, 3.63) is 12.2 Å². The van der Waals surface area contributed by atoms with E-state index < -0.39 is 0 Å². The van der Waals surface area contributed by atoms with Crippen LogP contribution in [-0.2, 0) is 9.47 Å². The summed E-state index contributed by atoms with van der Waals surface area (Å²) in [6.07, 6.45) is 12.9. The van der Waals surface area contributed by atoms with Crippen LogP contribution < -0.4 is 0 Å². The van der Waals surface area contributed by atoms with E-state index in [1.165, 1.54) is 32.1 Å². The van der Waals surface area contributed by atoms with Gasteiger partial charge in [-0.15, -0.1) is 0 Å². The Morgan fingerprint density at radius 2 is 1.61 bits per heavy atom. The summed E-state index contributed by atoms with van der Waals surface area (Å²) in [6, 6.07) is 0. The molecule has 0 amide bonds. The van der Waals surface area contributed by atoms with Gasteiger partial charge in [-0.05, 0) is 25.2 Å². The molecular formula is C16H32O2. The van der Waals surface area contributed by atoms with Crippen molar-refractivity contribution in [2.45, 2.75) is 65.7 Å². The molecule has 0 bridgehead atoms. The highest BCUT2D eigenvalue weighted by atomic mass is 16.7. The van der Waals surface area contributed by atoms with Crippen LogP contribution in [0.1, 0.15) is 65.7 Å². The summed E-state index contributed by atoms with van der Waals surface area (Å²) in [5, 5.41) is 0. The highest BCUT2D eigenvalue weighted by Crippen LogP contribution is 2.05. The van der Waals surface area contributed by atoms with Crippen molar-refractivity contribution in [1.82, 2.24) is 0 Å². The van der Waals surface area contributed by atoms with Gasteiger partial charge >= 0.3 is 0 Å². The van der Waals surface area contributed by atoms with Gasteiger partial charge in [0.15, 0.2) is 0 Å². The summed E-state index contributed by atoms with van der Waals surface area (Å²) in [5.41, 5.74) is 0. The van der Waals surface area contributed by atoms with E-state index in [1.54, 1.807) is 0 Å². The van der Waals surface area contributed by atoms with Crippen LogP contribution in [-0.4, -0.2) is 20.0 Å². The fraction of sp³-hybridized carbons (Fsp3) is 0.875. The molecule has 0 rings (SSSR count). The first-order valence-corrected chi connectivity index (χ1v) is 7.57. The molecule has 0 aliphatic heterocycles. The second-order valence-corrected chi connectivity index (χ2v) is 5.23. The smallest absolute Gasteiger partial charge is 0.146 e. The topological polar surface area (TPSA) is 18.5 Å². The molecule has 2 nitrogen and oxygen atoms in total. The zero-order valence-corrected chi connectivity index (χ0v) is 12.6. The van der Waals surface area contributed by atoms with Crippen molar-refractivity contribution in [2.24, 2.45) is 5.92 Å². The molecule has 108 valence electrons. The predicted molar refractivity (Wildman–Crippen MR) is 78.7 cm³/mol. The van der Waals surface area contributed by atoms with E-state index in [9.17, 15) is 0 Å². The number of ether oxygens (including phenoxy) is 2. The zero-order chi connectivity index (χ0) is 13.5. The van der Waals surface area contributed by atoms with Crippen LogP contribution in [0.25, 0.3) is 0 Å². The Hall–Kier alpha value is -0.340. The van der Waals surface area contributed by atoms with Crippen LogP contribution in [0, 0.1) is 5.92 Å². The molecule has 2 heteroatoms. The Bertz CT molecular complexity index is 176. The molecule has 0 radical (unpaired) electrons. The van der Waals surface area contributed by atoms with Crippen molar-refractivity contribution in [2.75, 3.05) is 20.0 Å². The molecule has 0 heterocycles. The monoisotopic (exact) mass is 256 g/mol. The molecule has 0 N–H and O–H groups in total. The van der Waals surface area contributed by atoms with Crippen LogP contribution >= 0.6 is 0 Å². The molecule has 0 aromatic heterocycles. The Balaban J connectivity index is 3.01. The lowest BCUT2D eigenvalue weighted by atomic mass is 10.1. The van der Waals surface area contributed by atoms with Crippen LogP contribution in [0.4, 0.5) is 0 Å². The Morgan fingerprint density at radius 1 is 0.889 bits per heavy atom. The highest BCUT2D eigenvalue weighted by molar-refractivity contribution is 4.80. The summed E-state index contributed by atoms with van der Waals surface area (Å²) in [7, 11) is 0. The molecule has 0 fully saturated rings. The first-order valence-electron chi connectivity index (χ1n) is 7.57. The lowest BCUT2D eigenvalue weighted by molar-refractivity contribution is -0.0532. The lowest BCUT2D eigenvalue weighted by Gasteiger charge is -2.06. The average Bonchev–Trinajstić information content (AvgIpc) is 2.34. The minimum absolute atomic E-state index is 0.449. The van der Waals surface area contributed by atoms with Crippen LogP contribution in [0.5, 0.6) is 0 Å². The molecule has 0 unspecified atom stereocenters. The quantitative estimate of drug-likeness (QED) is 0.264. The summed E-state index contributed by atoms with van der Waals surface area (Å²) in [4.78, 5) is 0. The first kappa shape index (κ1) is 17.7. The van der Waals surface area contributed by atoms with E-state index in [0.717, 1.165) is 32.0 Å². The number of unbranched alkanes of at least 4 members (excludes halogenated alkanes) is 3. The van der Waals surface area contributed by atoms with Gasteiger partial charge in [0.1, 0.15) is 6.79 Å². The third-order valence-corrected chi connectivity index (χ3v) is 2.81. The van der Waals surface area contributed by atoms with Gasteiger partial charge in [-0.2, -0.15) is 0 Å². The minimum atomic E-state index is 0.449. The standard InChI is InChI=1S/C16H32O2/c1-4-5-6-7-8-10-13-17-15-18-14-11-9-12-16(2)3/h7-8,16H,4-6,9-15H2,1-3H3/b8-7-. The fourth-order valence-electron chi connectivity index (χ4n) is 1.64. The molecule has 0 aromatic rings. The van der Waals surface area contributed by atoms with Gasteiger partial charge in [0.05, 0.1) is 6.61 Å². The Morgan fingerprint density at radius 3 is 2.33 bits per heavy atom. The second kappa shape index (κ2) is 14.7. The van der Waals surface area contributed by atoms with Gasteiger partial charge in [0.25, 0.3) is 0 Å². The number of allylic oxidation sites excluding steroid dienone is 1. The van der Waals surface area contributed by atoms with Crippen LogP contribution in [0.2, 0.25) is 0 Å². The van der Waals surface area contributed by atoms with E-state index in [-0.39, 0.29) is 0 Å². The molecule has 0 spiro atoms. The van der Waals surface area contributed by atoms with Gasteiger partial charge in [-0.3, -0.25) is 0 Å². The maximum atomic E-state index is 5.41. The molecule has 0 aliphatic carbocycles. The minimum Gasteiger partial charge on any atom is -0.355 e. The zero-order valence-electron chi connectivity index (χ0n) is 12.6. The highest BCUT2D eigenvalue weighted by Gasteiger charge is 1.94. The third-order valence-electron chi connectivity index (χ3n) is 2.81. The molecule has 0 saturated heterocycles. The Labute approximate surface area is 114 Å². The van der Waals surface area contributed by atoms with Gasteiger partial charge in [-0.1, -0.05) is 58.6 Å². The number of rotatable bonds is 13. The van der Waals surface area contributed by atoms with Gasteiger partial charge < -0.3 is 9.47 Å². The van der Waals surface area contributed by atoms with E-state index in [2.05, 4.69) is 32.9 Å². The third kappa shape index (κ3) is 15.7. The van der Waals surface area contributed by atoms with Crippen molar-refractivity contribution in [3.63, 3.8) is 0 Å². The van der Waals surface area contributed by atoms with Gasteiger partial charge in [0, 0.05) is 6.61 Å². The van der Waals surface area contributed by atoms with Crippen molar-refractivity contribution in [1.29, 1.82) is 0 Å². The fourth-order valence-corrected chi connectivity index (χ4v) is 1.64. The average molecular weight is 256 g/mol. The van der Waals surface area contributed by atoms with Crippen molar-refractivity contribution >= 4 is 0 Å². The SMILES string of the molecule is CCCC/C=C\CCOCOCCCCC(C)C. The van der Waals surface area contributed by atoms with E-state index >= 15 is 0 Å². The summed E-state index contributed by atoms with van der Waals surface area (Å²) in [6.45, 7) is 8.80. The van der Waals surface area contributed by atoms with Crippen molar-refractivity contribution < 1.29 is 9.47 Å². The molecule has 0 aliphatic rings. The van der Waals surface area contributed by atoms with E-state index in [0.29, 0.717) is 6.79 Å². The van der Waals surface area contributed by atoms with Crippen LogP contribution in [0.15, 0.2) is 12.2 Å². The molecule has 18 heavy (non-hydrogen) atoms. The second-order valence-electron chi connectivity index (χ2n) is 5.23. The maximum Gasteiger partial charge on any atom is 0.146 e. The lowest BCUT2D eigenvalue weighted by Crippen LogP contribution is -2.02. The van der Waals surface area contributed by atoms with E-state index in [4.69, 9.17) is 9.47 Å². The molecular weight excluding hydrogens is 224 g/mol. The van der Waals surface area contributed by atoms with E-state index in [1.807, 2.05) is 0 Å². The molecule has 0 atom stereocenters. The number of hydrogen-bond acceptors (Lipinski definition) is 2. The summed E-state index contributed by atoms with van der Waals surface area (Å²) >= 11 is 0. The largest absolute Gasteiger partial charge is 0.355 e. The number of hydrogen-bond donors (Lipinski definition) is 0. The summed E-state index contributed by atoms with van der Waals surface area (Å²) < 4.78 is 10.8. The first-order chi connectivity index (χ1) is 8.77. The summed E-state index contributed by atoms with van der Waals surface area (Å²) in [5.74, 6) is 0.806. The molecule has 0 saturated carbocycles. The predicted octanol–water partition coefficient (Wildman–Crippen LogP) is 4.94. The van der Waals surface area contributed by atoms with Gasteiger partial charge in [-0.25, -0.2) is 0 Å². The Kier molecular flexibility index (Phi) is 14.4. The maximum absolute atomic E-state index is 5.41. The van der Waals surface area contributed by atoms with Crippen molar-refractivity contribution in [3.8, 4) is 0 Å². The normalized spacial score (nSPS) is 11.8. The van der Waals surface area contributed by atoms with Gasteiger partial charge in [0.2, 0.25) is 0 Å². The molecule has 0 aromatic carbocycles.